The summed E-state index contributed by atoms with van der Waals surface area (Å²) in [6.45, 7) is 3.58. The SMILES string of the molecule is CC(C)C(Oc1ccc(I)cc1F)C(N)=O. The van der Waals surface area contributed by atoms with E-state index in [-0.39, 0.29) is 11.7 Å². The zero-order valence-electron chi connectivity index (χ0n) is 9.04. The molecule has 0 spiro atoms. The van der Waals surface area contributed by atoms with Gasteiger partial charge in [0.25, 0.3) is 5.91 Å². The van der Waals surface area contributed by atoms with Gasteiger partial charge in [-0.1, -0.05) is 13.8 Å². The highest BCUT2D eigenvalue weighted by Gasteiger charge is 2.22. The fourth-order valence-electron chi connectivity index (χ4n) is 1.23. The maximum atomic E-state index is 13.5. The van der Waals surface area contributed by atoms with Crippen LogP contribution in [0.1, 0.15) is 13.8 Å². The summed E-state index contributed by atoms with van der Waals surface area (Å²) in [7, 11) is 0. The Balaban J connectivity index is 2.90. The highest BCUT2D eigenvalue weighted by atomic mass is 127. The van der Waals surface area contributed by atoms with Crippen molar-refractivity contribution in [3.05, 3.63) is 27.6 Å². The minimum absolute atomic E-state index is 0.0536. The largest absolute Gasteiger partial charge is 0.477 e. The van der Waals surface area contributed by atoms with Gasteiger partial charge >= 0.3 is 0 Å². The van der Waals surface area contributed by atoms with E-state index in [1.807, 2.05) is 22.6 Å². The van der Waals surface area contributed by atoms with Crippen LogP contribution in [0.3, 0.4) is 0 Å². The monoisotopic (exact) mass is 337 g/mol. The minimum Gasteiger partial charge on any atom is -0.477 e. The number of carbonyl (C=O) groups is 1. The van der Waals surface area contributed by atoms with Crippen molar-refractivity contribution in [3.8, 4) is 5.75 Å². The summed E-state index contributed by atoms with van der Waals surface area (Å²) in [6, 6.07) is 4.54. The van der Waals surface area contributed by atoms with Gasteiger partial charge in [0.1, 0.15) is 0 Å². The number of amides is 1. The first kappa shape index (κ1) is 13.2. The molecule has 0 heterocycles. The molecule has 1 aromatic carbocycles. The average molecular weight is 337 g/mol. The number of hydrogen-bond acceptors (Lipinski definition) is 2. The Labute approximate surface area is 107 Å². The number of hydrogen-bond donors (Lipinski definition) is 1. The smallest absolute Gasteiger partial charge is 0.258 e. The van der Waals surface area contributed by atoms with Gasteiger partial charge in [-0.2, -0.15) is 0 Å². The van der Waals surface area contributed by atoms with Crippen molar-refractivity contribution < 1.29 is 13.9 Å². The Bertz CT molecular complexity index is 396. The summed E-state index contributed by atoms with van der Waals surface area (Å²) in [5.41, 5.74) is 5.18. The molecule has 1 amide bonds. The van der Waals surface area contributed by atoms with E-state index in [1.54, 1.807) is 19.9 Å². The molecular weight excluding hydrogens is 324 g/mol. The molecule has 1 atom stereocenters. The van der Waals surface area contributed by atoms with Gasteiger partial charge in [0.05, 0.1) is 0 Å². The molecule has 1 unspecified atom stereocenters. The molecule has 0 aliphatic carbocycles. The third-order valence-corrected chi connectivity index (χ3v) is 2.70. The molecule has 0 radical (unpaired) electrons. The van der Waals surface area contributed by atoms with Crippen LogP contribution in [0.2, 0.25) is 0 Å². The fraction of sp³-hybridized carbons (Fsp3) is 0.364. The van der Waals surface area contributed by atoms with Crippen LogP contribution in [0.5, 0.6) is 5.75 Å². The van der Waals surface area contributed by atoms with Gasteiger partial charge in [-0.15, -0.1) is 0 Å². The number of nitrogens with two attached hydrogens (primary N) is 1. The van der Waals surface area contributed by atoms with Gasteiger partial charge in [-0.3, -0.25) is 4.79 Å². The number of carbonyl (C=O) groups excluding carboxylic acids is 1. The molecule has 2 N–H and O–H groups in total. The summed E-state index contributed by atoms with van der Waals surface area (Å²) in [4.78, 5) is 11.1. The second-order valence-corrected chi connectivity index (χ2v) is 5.01. The first-order valence-electron chi connectivity index (χ1n) is 4.83. The lowest BCUT2D eigenvalue weighted by molar-refractivity contribution is -0.126. The second kappa shape index (κ2) is 5.47. The molecule has 0 saturated heterocycles. The number of ether oxygens (including phenoxy) is 1. The van der Waals surface area contributed by atoms with Gasteiger partial charge in [0.15, 0.2) is 17.7 Å². The van der Waals surface area contributed by atoms with Crippen LogP contribution in [0, 0.1) is 15.3 Å². The molecule has 1 rings (SSSR count). The van der Waals surface area contributed by atoms with E-state index < -0.39 is 17.8 Å². The number of benzene rings is 1. The molecule has 16 heavy (non-hydrogen) atoms. The Morgan fingerprint density at radius 3 is 2.56 bits per heavy atom. The van der Waals surface area contributed by atoms with Crippen molar-refractivity contribution in [1.29, 1.82) is 0 Å². The van der Waals surface area contributed by atoms with Crippen molar-refractivity contribution in [1.82, 2.24) is 0 Å². The standard InChI is InChI=1S/C11H13FINO2/c1-6(2)10(11(14)15)16-9-4-3-7(13)5-8(9)12/h3-6,10H,1-2H3,(H2,14,15). The van der Waals surface area contributed by atoms with E-state index in [9.17, 15) is 9.18 Å². The number of primary amides is 1. The maximum Gasteiger partial charge on any atom is 0.258 e. The zero-order valence-corrected chi connectivity index (χ0v) is 11.2. The molecule has 0 bridgehead atoms. The van der Waals surface area contributed by atoms with Crippen LogP contribution in [0.4, 0.5) is 4.39 Å². The molecule has 1 aromatic rings. The zero-order chi connectivity index (χ0) is 12.3. The molecule has 88 valence electrons. The Morgan fingerprint density at radius 1 is 1.50 bits per heavy atom. The first-order valence-corrected chi connectivity index (χ1v) is 5.90. The second-order valence-electron chi connectivity index (χ2n) is 3.76. The lowest BCUT2D eigenvalue weighted by Crippen LogP contribution is -2.38. The molecule has 0 aliphatic rings. The van der Waals surface area contributed by atoms with Crippen molar-refractivity contribution in [2.75, 3.05) is 0 Å². The van der Waals surface area contributed by atoms with Crippen molar-refractivity contribution in [2.45, 2.75) is 20.0 Å². The average Bonchev–Trinajstić information content (AvgIpc) is 2.15. The quantitative estimate of drug-likeness (QED) is 0.858. The van der Waals surface area contributed by atoms with Crippen LogP contribution in [0.25, 0.3) is 0 Å². The minimum atomic E-state index is -0.811. The summed E-state index contributed by atoms with van der Waals surface area (Å²) >= 11 is 2.00. The summed E-state index contributed by atoms with van der Waals surface area (Å²) in [5, 5.41) is 0. The molecule has 5 heteroatoms. The lowest BCUT2D eigenvalue weighted by atomic mass is 10.1. The van der Waals surface area contributed by atoms with Crippen LogP contribution < -0.4 is 10.5 Å². The Morgan fingerprint density at radius 2 is 2.12 bits per heavy atom. The van der Waals surface area contributed by atoms with E-state index >= 15 is 0 Å². The van der Waals surface area contributed by atoms with Gasteiger partial charge in [0, 0.05) is 3.57 Å². The van der Waals surface area contributed by atoms with E-state index in [1.165, 1.54) is 12.1 Å². The molecule has 0 fully saturated rings. The Hall–Kier alpha value is -0.850. The summed E-state index contributed by atoms with van der Waals surface area (Å²) in [5.74, 6) is -1.12. The third kappa shape index (κ3) is 3.33. The van der Waals surface area contributed by atoms with Crippen LogP contribution >= 0.6 is 22.6 Å². The predicted octanol–water partition coefficient (Wildman–Crippen LogP) is 2.32. The molecule has 0 aromatic heterocycles. The van der Waals surface area contributed by atoms with Crippen molar-refractivity contribution in [3.63, 3.8) is 0 Å². The van der Waals surface area contributed by atoms with Crippen molar-refractivity contribution >= 4 is 28.5 Å². The molecule has 3 nitrogen and oxygen atoms in total. The topological polar surface area (TPSA) is 52.3 Å². The van der Waals surface area contributed by atoms with Crippen molar-refractivity contribution in [2.24, 2.45) is 11.7 Å². The fourth-order valence-corrected chi connectivity index (χ4v) is 1.68. The highest BCUT2D eigenvalue weighted by Crippen LogP contribution is 2.22. The van der Waals surface area contributed by atoms with E-state index in [2.05, 4.69) is 0 Å². The van der Waals surface area contributed by atoms with Crippen LogP contribution in [-0.2, 0) is 4.79 Å². The van der Waals surface area contributed by atoms with E-state index in [0.717, 1.165) is 3.57 Å². The Kier molecular flexibility index (Phi) is 4.52. The molecular formula is C11H13FINO2. The molecule has 0 aliphatic heterocycles. The van der Waals surface area contributed by atoms with Crippen LogP contribution in [-0.4, -0.2) is 12.0 Å². The van der Waals surface area contributed by atoms with Crippen LogP contribution in [0.15, 0.2) is 18.2 Å². The van der Waals surface area contributed by atoms with E-state index in [0.29, 0.717) is 0 Å². The van der Waals surface area contributed by atoms with Gasteiger partial charge < -0.3 is 10.5 Å². The van der Waals surface area contributed by atoms with E-state index in [4.69, 9.17) is 10.5 Å². The maximum absolute atomic E-state index is 13.5. The van der Waals surface area contributed by atoms with Gasteiger partial charge in [-0.25, -0.2) is 4.39 Å². The lowest BCUT2D eigenvalue weighted by Gasteiger charge is -2.19. The van der Waals surface area contributed by atoms with Gasteiger partial charge in [0.2, 0.25) is 0 Å². The predicted molar refractivity (Wildman–Crippen MR) is 67.6 cm³/mol. The summed E-state index contributed by atoms with van der Waals surface area (Å²) < 4.78 is 19.5. The highest BCUT2D eigenvalue weighted by molar-refractivity contribution is 14.1. The first-order chi connectivity index (χ1) is 7.41. The third-order valence-electron chi connectivity index (χ3n) is 2.03. The normalized spacial score (nSPS) is 12.6. The molecule has 0 saturated carbocycles. The number of halogens is 2. The number of rotatable bonds is 4. The summed E-state index contributed by atoms with van der Waals surface area (Å²) in [6.07, 6.45) is -0.811. The van der Waals surface area contributed by atoms with Gasteiger partial charge in [-0.05, 0) is 46.7 Å².